The third-order valence-electron chi connectivity index (χ3n) is 5.60. The van der Waals surface area contributed by atoms with Crippen molar-refractivity contribution in [3.63, 3.8) is 0 Å². The molecule has 1 aromatic carbocycles. The summed E-state index contributed by atoms with van der Waals surface area (Å²) in [4.78, 5) is 15.0. The SMILES string of the molecule is O=C(NC1(CO)CCCC1)c1cc2n(n1)CCN(Cc1ccccc1)C2. The first kappa shape index (κ1) is 17.2. The Hall–Kier alpha value is -2.18. The lowest BCUT2D eigenvalue weighted by molar-refractivity contribution is 0.0832. The molecule has 0 atom stereocenters. The van der Waals surface area contributed by atoms with E-state index in [-0.39, 0.29) is 12.5 Å². The van der Waals surface area contributed by atoms with Gasteiger partial charge in [0.2, 0.25) is 0 Å². The van der Waals surface area contributed by atoms with Crippen molar-refractivity contribution in [1.29, 1.82) is 0 Å². The van der Waals surface area contributed by atoms with Crippen LogP contribution in [0, 0.1) is 0 Å². The van der Waals surface area contributed by atoms with Crippen LogP contribution in [-0.2, 0) is 19.6 Å². The highest BCUT2D eigenvalue weighted by atomic mass is 16.3. The molecule has 4 rings (SSSR count). The van der Waals surface area contributed by atoms with Crippen molar-refractivity contribution in [2.45, 2.75) is 50.9 Å². The van der Waals surface area contributed by atoms with Gasteiger partial charge >= 0.3 is 0 Å². The molecular formula is C20H26N4O2. The van der Waals surface area contributed by atoms with Gasteiger partial charge in [-0.25, -0.2) is 0 Å². The van der Waals surface area contributed by atoms with E-state index in [0.29, 0.717) is 5.69 Å². The molecule has 2 N–H and O–H groups in total. The molecule has 2 aliphatic rings. The van der Waals surface area contributed by atoms with Crippen molar-refractivity contribution in [3.8, 4) is 0 Å². The summed E-state index contributed by atoms with van der Waals surface area (Å²) < 4.78 is 1.94. The molecule has 0 spiro atoms. The number of aliphatic hydroxyl groups is 1. The Balaban J connectivity index is 1.43. The quantitative estimate of drug-likeness (QED) is 0.861. The van der Waals surface area contributed by atoms with Gasteiger partial charge in [-0.05, 0) is 24.5 Å². The first-order valence-electron chi connectivity index (χ1n) is 9.44. The number of hydrogen-bond acceptors (Lipinski definition) is 4. The van der Waals surface area contributed by atoms with E-state index < -0.39 is 5.54 Å². The topological polar surface area (TPSA) is 70.4 Å². The van der Waals surface area contributed by atoms with Crippen molar-refractivity contribution in [2.24, 2.45) is 0 Å². The van der Waals surface area contributed by atoms with Gasteiger partial charge in [0.05, 0.1) is 24.4 Å². The lowest BCUT2D eigenvalue weighted by atomic mass is 9.99. The van der Waals surface area contributed by atoms with Gasteiger partial charge in [0.25, 0.3) is 5.91 Å². The van der Waals surface area contributed by atoms with Crippen molar-refractivity contribution >= 4 is 5.91 Å². The Morgan fingerprint density at radius 2 is 1.96 bits per heavy atom. The largest absolute Gasteiger partial charge is 0.394 e. The van der Waals surface area contributed by atoms with Gasteiger partial charge in [-0.1, -0.05) is 43.2 Å². The fourth-order valence-electron chi connectivity index (χ4n) is 4.09. The Kier molecular flexibility index (Phi) is 4.78. The second-order valence-corrected chi connectivity index (χ2v) is 7.54. The molecule has 0 unspecified atom stereocenters. The highest BCUT2D eigenvalue weighted by Crippen LogP contribution is 2.29. The van der Waals surface area contributed by atoms with Gasteiger partial charge in [-0.15, -0.1) is 0 Å². The van der Waals surface area contributed by atoms with E-state index >= 15 is 0 Å². The number of amides is 1. The van der Waals surface area contributed by atoms with E-state index in [1.165, 1.54) is 5.56 Å². The van der Waals surface area contributed by atoms with E-state index in [2.05, 4.69) is 39.6 Å². The normalized spacial score (nSPS) is 19.3. The van der Waals surface area contributed by atoms with E-state index in [9.17, 15) is 9.90 Å². The summed E-state index contributed by atoms with van der Waals surface area (Å²) in [5.74, 6) is -0.169. The summed E-state index contributed by atoms with van der Waals surface area (Å²) in [5.41, 5.74) is 2.37. The van der Waals surface area contributed by atoms with Crippen molar-refractivity contribution in [2.75, 3.05) is 13.2 Å². The highest BCUT2D eigenvalue weighted by Gasteiger charge is 2.35. The molecule has 1 amide bonds. The minimum atomic E-state index is -0.458. The van der Waals surface area contributed by atoms with Crippen LogP contribution < -0.4 is 5.32 Å². The van der Waals surface area contributed by atoms with E-state index in [0.717, 1.165) is 57.6 Å². The number of rotatable bonds is 5. The lowest BCUT2D eigenvalue weighted by Crippen LogP contribution is -2.49. The minimum absolute atomic E-state index is 0.00282. The molecule has 0 bridgehead atoms. The Labute approximate surface area is 153 Å². The van der Waals surface area contributed by atoms with Crippen LogP contribution in [0.2, 0.25) is 0 Å². The van der Waals surface area contributed by atoms with Crippen molar-refractivity contribution in [1.82, 2.24) is 20.0 Å². The number of aliphatic hydroxyl groups excluding tert-OH is 1. The molecule has 26 heavy (non-hydrogen) atoms. The predicted octanol–water partition coefficient (Wildman–Crippen LogP) is 1.93. The Bertz CT molecular complexity index is 765. The number of nitrogens with one attached hydrogen (secondary N) is 1. The molecule has 6 heteroatoms. The zero-order valence-corrected chi connectivity index (χ0v) is 15.0. The fourth-order valence-corrected chi connectivity index (χ4v) is 4.09. The Morgan fingerprint density at radius 1 is 1.19 bits per heavy atom. The highest BCUT2D eigenvalue weighted by molar-refractivity contribution is 5.93. The average molecular weight is 354 g/mol. The molecule has 1 aliphatic carbocycles. The van der Waals surface area contributed by atoms with Crippen LogP contribution in [0.3, 0.4) is 0 Å². The van der Waals surface area contributed by atoms with Crippen LogP contribution in [0.5, 0.6) is 0 Å². The van der Waals surface area contributed by atoms with Gasteiger partial charge in [0, 0.05) is 19.6 Å². The molecule has 0 saturated heterocycles. The van der Waals surface area contributed by atoms with Crippen LogP contribution in [0.25, 0.3) is 0 Å². The van der Waals surface area contributed by atoms with Gasteiger partial charge in [-0.3, -0.25) is 14.4 Å². The van der Waals surface area contributed by atoms with Gasteiger partial charge in [0.15, 0.2) is 5.69 Å². The first-order valence-corrected chi connectivity index (χ1v) is 9.44. The fraction of sp³-hybridized carbons (Fsp3) is 0.500. The minimum Gasteiger partial charge on any atom is -0.394 e. The molecule has 0 radical (unpaired) electrons. The zero-order chi connectivity index (χ0) is 18.0. The van der Waals surface area contributed by atoms with Gasteiger partial charge in [-0.2, -0.15) is 5.10 Å². The number of carbonyl (C=O) groups is 1. The smallest absolute Gasteiger partial charge is 0.272 e. The number of aromatic nitrogens is 2. The zero-order valence-electron chi connectivity index (χ0n) is 15.0. The maximum Gasteiger partial charge on any atom is 0.272 e. The molecule has 2 aromatic rings. The van der Waals surface area contributed by atoms with Crippen LogP contribution in [0.15, 0.2) is 36.4 Å². The van der Waals surface area contributed by atoms with E-state index in [1.54, 1.807) is 0 Å². The molecule has 1 saturated carbocycles. The van der Waals surface area contributed by atoms with Crippen molar-refractivity contribution in [3.05, 3.63) is 53.3 Å². The number of benzene rings is 1. The van der Waals surface area contributed by atoms with E-state index in [4.69, 9.17) is 0 Å². The predicted molar refractivity (Wildman–Crippen MR) is 98.5 cm³/mol. The molecule has 1 aromatic heterocycles. The van der Waals surface area contributed by atoms with Crippen LogP contribution in [0.4, 0.5) is 0 Å². The van der Waals surface area contributed by atoms with Gasteiger partial charge in [0.1, 0.15) is 0 Å². The monoisotopic (exact) mass is 354 g/mol. The first-order chi connectivity index (χ1) is 12.7. The molecule has 1 aliphatic heterocycles. The number of fused-ring (bicyclic) bond motifs is 1. The second-order valence-electron chi connectivity index (χ2n) is 7.54. The summed E-state index contributed by atoms with van der Waals surface area (Å²) >= 11 is 0. The number of hydrogen-bond donors (Lipinski definition) is 2. The maximum absolute atomic E-state index is 12.6. The maximum atomic E-state index is 12.6. The lowest BCUT2D eigenvalue weighted by Gasteiger charge is -2.27. The number of nitrogens with zero attached hydrogens (tertiary/aromatic N) is 3. The molecular weight excluding hydrogens is 328 g/mol. The van der Waals surface area contributed by atoms with Gasteiger partial charge < -0.3 is 10.4 Å². The number of carbonyl (C=O) groups excluding carboxylic acids is 1. The van der Waals surface area contributed by atoms with Crippen LogP contribution >= 0.6 is 0 Å². The summed E-state index contributed by atoms with van der Waals surface area (Å²) in [7, 11) is 0. The summed E-state index contributed by atoms with van der Waals surface area (Å²) in [6.45, 7) is 3.41. The summed E-state index contributed by atoms with van der Waals surface area (Å²) in [6.07, 6.45) is 3.78. The van der Waals surface area contributed by atoms with E-state index in [1.807, 2.05) is 16.8 Å². The average Bonchev–Trinajstić information content (AvgIpc) is 3.29. The summed E-state index contributed by atoms with van der Waals surface area (Å²) in [6, 6.07) is 12.3. The van der Waals surface area contributed by atoms with Crippen LogP contribution in [0.1, 0.15) is 47.4 Å². The third-order valence-corrected chi connectivity index (χ3v) is 5.60. The summed E-state index contributed by atoms with van der Waals surface area (Å²) in [5, 5.41) is 17.2. The molecule has 6 nitrogen and oxygen atoms in total. The molecule has 2 heterocycles. The van der Waals surface area contributed by atoms with Crippen LogP contribution in [-0.4, -0.2) is 44.4 Å². The second kappa shape index (κ2) is 7.21. The molecule has 1 fully saturated rings. The van der Waals surface area contributed by atoms with Crippen molar-refractivity contribution < 1.29 is 9.90 Å². The third kappa shape index (κ3) is 3.52. The molecule has 138 valence electrons. The Morgan fingerprint density at radius 3 is 2.69 bits per heavy atom. The standard InChI is InChI=1S/C20H26N4O2/c25-15-20(8-4-5-9-20)21-19(26)18-12-17-14-23(10-11-24(17)22-18)13-16-6-2-1-3-7-16/h1-3,6-7,12,25H,4-5,8-11,13-15H2,(H,21,26).